The molecule has 104 valence electrons. The van der Waals surface area contributed by atoms with Crippen molar-refractivity contribution in [3.8, 4) is 5.69 Å². The number of rotatable bonds is 3. The van der Waals surface area contributed by atoms with Crippen LogP contribution in [0.25, 0.3) is 16.6 Å². The van der Waals surface area contributed by atoms with E-state index in [0.29, 0.717) is 16.6 Å². The van der Waals surface area contributed by atoms with Crippen LogP contribution in [0.4, 0.5) is 5.69 Å². The monoisotopic (exact) mass is 284 g/mol. The van der Waals surface area contributed by atoms with E-state index >= 15 is 0 Å². The van der Waals surface area contributed by atoms with Crippen LogP contribution in [-0.4, -0.2) is 30.8 Å². The number of carboxylic acids is 1. The second kappa shape index (κ2) is 4.67. The van der Waals surface area contributed by atoms with Crippen LogP contribution in [0, 0.1) is 10.1 Å². The van der Waals surface area contributed by atoms with Gasteiger partial charge in [-0.1, -0.05) is 0 Å². The summed E-state index contributed by atoms with van der Waals surface area (Å²) in [5.41, 5.74) is 0.808. The third-order valence-electron chi connectivity index (χ3n) is 2.97. The third-order valence-corrected chi connectivity index (χ3v) is 2.97. The van der Waals surface area contributed by atoms with Gasteiger partial charge in [0.05, 0.1) is 22.3 Å². The van der Waals surface area contributed by atoms with Crippen LogP contribution in [0.2, 0.25) is 0 Å². The molecule has 3 aromatic rings. The highest BCUT2D eigenvalue weighted by Gasteiger charge is 2.12. The molecule has 0 aliphatic carbocycles. The van der Waals surface area contributed by atoms with Gasteiger partial charge in [-0.15, -0.1) is 0 Å². The second-order valence-corrected chi connectivity index (χ2v) is 4.26. The molecule has 3 rings (SSSR count). The van der Waals surface area contributed by atoms with Crippen molar-refractivity contribution < 1.29 is 14.8 Å². The first-order valence-corrected chi connectivity index (χ1v) is 5.88. The molecular formula is C13H8N4O4. The molecule has 8 nitrogen and oxygen atoms in total. The summed E-state index contributed by atoms with van der Waals surface area (Å²) in [4.78, 5) is 25.0. The molecule has 0 bridgehead atoms. The molecule has 0 aliphatic rings. The van der Waals surface area contributed by atoms with Gasteiger partial charge in [-0.25, -0.2) is 14.5 Å². The van der Waals surface area contributed by atoms with Gasteiger partial charge in [0.15, 0.2) is 0 Å². The van der Waals surface area contributed by atoms with Crippen molar-refractivity contribution in [3.63, 3.8) is 0 Å². The number of nitro benzene ring substituents is 1. The Bertz CT molecular complexity index is 871. The average Bonchev–Trinajstić information content (AvgIpc) is 2.90. The van der Waals surface area contributed by atoms with E-state index in [4.69, 9.17) is 5.11 Å². The maximum absolute atomic E-state index is 10.9. The van der Waals surface area contributed by atoms with E-state index in [-0.39, 0.29) is 11.4 Å². The molecule has 0 atom stereocenters. The fourth-order valence-corrected chi connectivity index (χ4v) is 1.99. The summed E-state index contributed by atoms with van der Waals surface area (Å²) in [6.45, 7) is 0. The second-order valence-electron chi connectivity index (χ2n) is 4.26. The lowest BCUT2D eigenvalue weighted by molar-refractivity contribution is -0.384. The van der Waals surface area contributed by atoms with E-state index in [1.54, 1.807) is 18.3 Å². The largest absolute Gasteiger partial charge is 0.477 e. The summed E-state index contributed by atoms with van der Waals surface area (Å²) in [5.74, 6) is -1.15. The predicted molar refractivity (Wildman–Crippen MR) is 72.5 cm³/mol. The maximum atomic E-state index is 10.9. The van der Waals surface area contributed by atoms with E-state index in [1.165, 1.54) is 29.1 Å². The smallest absolute Gasteiger partial charge is 0.354 e. The number of nitrogens with zero attached hydrogens (tertiary/aromatic N) is 4. The standard InChI is InChI=1S/C13H8N4O4/c18-13(19)11-5-9(3-4-14-11)16-12-6-10(17(20)21)2-1-8(12)7-15-16/h1-7H,(H,18,19). The number of hydrogen-bond donors (Lipinski definition) is 1. The fourth-order valence-electron chi connectivity index (χ4n) is 1.99. The Morgan fingerprint density at radius 3 is 2.81 bits per heavy atom. The van der Waals surface area contributed by atoms with Crippen LogP contribution >= 0.6 is 0 Å². The predicted octanol–water partition coefficient (Wildman–Crippen LogP) is 2.03. The summed E-state index contributed by atoms with van der Waals surface area (Å²) < 4.78 is 1.44. The first-order valence-electron chi connectivity index (χ1n) is 5.88. The number of non-ortho nitro benzene ring substituents is 1. The molecule has 0 saturated carbocycles. The summed E-state index contributed by atoms with van der Waals surface area (Å²) >= 11 is 0. The van der Waals surface area contributed by atoms with Crippen molar-refractivity contribution in [1.82, 2.24) is 14.8 Å². The van der Waals surface area contributed by atoms with Gasteiger partial charge in [-0.2, -0.15) is 5.10 Å². The van der Waals surface area contributed by atoms with Crippen molar-refractivity contribution >= 4 is 22.6 Å². The zero-order valence-corrected chi connectivity index (χ0v) is 10.5. The number of benzene rings is 1. The van der Waals surface area contributed by atoms with Gasteiger partial charge in [-0.05, 0) is 18.2 Å². The van der Waals surface area contributed by atoms with Crippen molar-refractivity contribution in [2.45, 2.75) is 0 Å². The van der Waals surface area contributed by atoms with E-state index in [0.717, 1.165) is 0 Å². The first kappa shape index (κ1) is 12.7. The molecule has 2 heterocycles. The van der Waals surface area contributed by atoms with Crippen LogP contribution in [0.3, 0.4) is 0 Å². The van der Waals surface area contributed by atoms with E-state index < -0.39 is 10.9 Å². The number of nitro groups is 1. The highest BCUT2D eigenvalue weighted by atomic mass is 16.6. The topological polar surface area (TPSA) is 111 Å². The minimum Gasteiger partial charge on any atom is -0.477 e. The molecule has 0 spiro atoms. The summed E-state index contributed by atoms with van der Waals surface area (Å²) in [6, 6.07) is 7.31. The van der Waals surface area contributed by atoms with E-state index in [9.17, 15) is 14.9 Å². The Hall–Kier alpha value is -3.29. The van der Waals surface area contributed by atoms with Gasteiger partial charge in [-0.3, -0.25) is 10.1 Å². The average molecular weight is 284 g/mol. The van der Waals surface area contributed by atoms with Crippen molar-refractivity contribution in [2.24, 2.45) is 0 Å². The molecule has 0 amide bonds. The molecule has 21 heavy (non-hydrogen) atoms. The van der Waals surface area contributed by atoms with Gasteiger partial charge in [0.2, 0.25) is 0 Å². The van der Waals surface area contributed by atoms with Crippen molar-refractivity contribution in [3.05, 3.63) is 58.5 Å². The fraction of sp³-hybridized carbons (Fsp3) is 0. The van der Waals surface area contributed by atoms with Gasteiger partial charge in [0.25, 0.3) is 5.69 Å². The molecule has 8 heteroatoms. The van der Waals surface area contributed by atoms with E-state index in [1.807, 2.05) is 0 Å². The quantitative estimate of drug-likeness (QED) is 0.581. The van der Waals surface area contributed by atoms with Crippen LogP contribution < -0.4 is 0 Å². The summed E-state index contributed by atoms with van der Waals surface area (Å²) in [7, 11) is 0. The molecule has 0 saturated heterocycles. The Morgan fingerprint density at radius 1 is 1.29 bits per heavy atom. The van der Waals surface area contributed by atoms with Gasteiger partial charge in [0, 0.05) is 23.7 Å². The Labute approximate surface area is 117 Å². The molecule has 0 fully saturated rings. The lowest BCUT2D eigenvalue weighted by atomic mass is 10.2. The molecule has 0 aliphatic heterocycles. The number of aromatic nitrogens is 3. The molecule has 2 aromatic heterocycles. The molecule has 0 unspecified atom stereocenters. The van der Waals surface area contributed by atoms with Crippen LogP contribution in [-0.2, 0) is 0 Å². The molecule has 1 N–H and O–H groups in total. The highest BCUT2D eigenvalue weighted by molar-refractivity contribution is 5.87. The molecular weight excluding hydrogens is 276 g/mol. The zero-order chi connectivity index (χ0) is 15.0. The zero-order valence-electron chi connectivity index (χ0n) is 10.5. The number of pyridine rings is 1. The number of aromatic carboxylic acids is 1. The summed E-state index contributed by atoms with van der Waals surface area (Å²) in [6.07, 6.45) is 2.91. The lowest BCUT2D eigenvalue weighted by Crippen LogP contribution is -2.03. The van der Waals surface area contributed by atoms with Crippen LogP contribution in [0.15, 0.2) is 42.7 Å². The number of carbonyl (C=O) groups is 1. The number of hydrogen-bond acceptors (Lipinski definition) is 5. The Balaban J connectivity index is 2.20. The first-order chi connectivity index (χ1) is 10.1. The SMILES string of the molecule is O=C(O)c1cc(-n2ncc3ccc([N+](=O)[O-])cc32)ccn1. The minimum absolute atomic E-state index is 0.0586. The van der Waals surface area contributed by atoms with Gasteiger partial charge < -0.3 is 5.11 Å². The Morgan fingerprint density at radius 2 is 2.10 bits per heavy atom. The lowest BCUT2D eigenvalue weighted by Gasteiger charge is -2.04. The molecule has 1 aromatic carbocycles. The summed E-state index contributed by atoms with van der Waals surface area (Å²) in [5, 5.41) is 24.7. The van der Waals surface area contributed by atoms with Crippen LogP contribution in [0.1, 0.15) is 10.5 Å². The highest BCUT2D eigenvalue weighted by Crippen LogP contribution is 2.23. The minimum atomic E-state index is -1.15. The van der Waals surface area contributed by atoms with Crippen molar-refractivity contribution in [2.75, 3.05) is 0 Å². The van der Waals surface area contributed by atoms with Gasteiger partial charge in [0.1, 0.15) is 5.69 Å². The number of fused-ring (bicyclic) bond motifs is 1. The molecule has 0 radical (unpaired) electrons. The Kier molecular flexibility index (Phi) is 2.83. The maximum Gasteiger partial charge on any atom is 0.354 e. The number of carboxylic acid groups (broad SMARTS) is 1. The van der Waals surface area contributed by atoms with Crippen molar-refractivity contribution in [1.29, 1.82) is 0 Å². The van der Waals surface area contributed by atoms with E-state index in [2.05, 4.69) is 10.1 Å². The van der Waals surface area contributed by atoms with Crippen LogP contribution in [0.5, 0.6) is 0 Å². The normalized spacial score (nSPS) is 10.7. The third kappa shape index (κ3) is 2.18. The van der Waals surface area contributed by atoms with Gasteiger partial charge >= 0.3 is 5.97 Å².